The van der Waals surface area contributed by atoms with E-state index in [1.54, 1.807) is 12.1 Å². The van der Waals surface area contributed by atoms with Crippen LogP contribution in [0.25, 0.3) is 11.1 Å². The third kappa shape index (κ3) is 12.6. The van der Waals surface area contributed by atoms with Crippen molar-refractivity contribution in [3.63, 3.8) is 0 Å². The second-order valence-electron chi connectivity index (χ2n) is 12.7. The molecule has 2 unspecified atom stereocenters. The first-order valence-corrected chi connectivity index (χ1v) is 17.9. The molecule has 15 heteroatoms. The van der Waals surface area contributed by atoms with E-state index in [2.05, 4.69) is 40.1 Å². The predicted octanol–water partition coefficient (Wildman–Crippen LogP) is 2.32. The van der Waals surface area contributed by atoms with Gasteiger partial charge in [0, 0.05) is 56.4 Å². The number of rotatable bonds is 16. The highest BCUT2D eigenvalue weighted by Gasteiger charge is 2.31. The van der Waals surface area contributed by atoms with Gasteiger partial charge in [0.05, 0.1) is 13.1 Å². The van der Waals surface area contributed by atoms with Crippen molar-refractivity contribution in [3.05, 3.63) is 59.7 Å². The van der Waals surface area contributed by atoms with Gasteiger partial charge in [0.2, 0.25) is 35.4 Å². The number of carbonyl (C=O) groups excluding carboxylic acids is 6. The number of nitrogens with one attached hydrogen (secondary N) is 5. The van der Waals surface area contributed by atoms with E-state index in [0.717, 1.165) is 37.0 Å². The lowest BCUT2D eigenvalue weighted by Gasteiger charge is -2.29. The normalized spacial score (nSPS) is 15.7. The number of nitrogens with zero attached hydrogens (tertiary/aromatic N) is 1. The average Bonchev–Trinajstić information content (AvgIpc) is 3.12. The molecule has 0 saturated carbocycles. The van der Waals surface area contributed by atoms with E-state index in [4.69, 9.17) is 11.6 Å². The Balaban J connectivity index is 1.78. The number of unbranched alkanes of at least 4 members (excludes halogenated alkanes) is 4. The Morgan fingerprint density at radius 2 is 1.58 bits per heavy atom. The Bertz CT molecular complexity index is 1630. The minimum Gasteiger partial charge on any atom is -0.507 e. The summed E-state index contributed by atoms with van der Waals surface area (Å²) in [5.41, 5.74) is 1.65. The number of halogens is 1. The quantitative estimate of drug-likeness (QED) is 0.0771. The fourth-order valence-corrected chi connectivity index (χ4v) is 5.67. The molecule has 0 aromatic heterocycles. The largest absolute Gasteiger partial charge is 0.507 e. The molecular formula is C37H49ClN6O8. The maximum Gasteiger partial charge on any atom is 0.247 e. The molecule has 2 atom stereocenters. The summed E-state index contributed by atoms with van der Waals surface area (Å²) in [4.78, 5) is 78.8. The van der Waals surface area contributed by atoms with Crippen molar-refractivity contribution in [3.8, 4) is 22.6 Å². The number of benzene rings is 2. The number of hydrogen-bond acceptors (Lipinski definition) is 8. The Hall–Kier alpha value is -5.11. The summed E-state index contributed by atoms with van der Waals surface area (Å²) in [5.74, 6) is -3.57. The molecule has 4 bridgehead atoms. The van der Waals surface area contributed by atoms with E-state index in [9.17, 15) is 39.0 Å². The van der Waals surface area contributed by atoms with E-state index >= 15 is 0 Å². The van der Waals surface area contributed by atoms with Crippen LogP contribution in [0.2, 0.25) is 0 Å². The average molecular weight is 741 g/mol. The van der Waals surface area contributed by atoms with E-state index in [0.29, 0.717) is 17.6 Å². The van der Waals surface area contributed by atoms with Gasteiger partial charge in [-0.05, 0) is 47.4 Å². The second kappa shape index (κ2) is 20.7. The zero-order valence-electron chi connectivity index (χ0n) is 29.7. The topological polar surface area (TPSA) is 206 Å². The van der Waals surface area contributed by atoms with E-state index in [1.807, 2.05) is 0 Å². The molecule has 282 valence electrons. The van der Waals surface area contributed by atoms with Crippen LogP contribution in [0.4, 0.5) is 0 Å². The fraction of sp³-hybridized carbons (Fsp3) is 0.459. The van der Waals surface area contributed by atoms with Crippen LogP contribution in [0.1, 0.15) is 69.0 Å². The number of alkyl halides is 1. The van der Waals surface area contributed by atoms with Crippen LogP contribution >= 0.6 is 11.6 Å². The number of carbonyl (C=O) groups is 6. The summed E-state index contributed by atoms with van der Waals surface area (Å²) < 4.78 is 0. The van der Waals surface area contributed by atoms with E-state index in [-0.39, 0.29) is 65.9 Å². The minimum absolute atomic E-state index is 0.00365. The highest BCUT2D eigenvalue weighted by atomic mass is 35.5. The molecule has 52 heavy (non-hydrogen) atoms. The molecular weight excluding hydrogens is 692 g/mol. The highest BCUT2D eigenvalue weighted by Crippen LogP contribution is 2.38. The smallest absolute Gasteiger partial charge is 0.247 e. The number of aromatic hydroxyl groups is 2. The molecule has 1 heterocycles. The first kappa shape index (κ1) is 41.3. The Labute approximate surface area is 308 Å². The molecule has 0 aliphatic carbocycles. The first-order chi connectivity index (χ1) is 24.8. The van der Waals surface area contributed by atoms with Crippen LogP contribution in [0, 0.1) is 0 Å². The number of phenols is 2. The molecule has 1 aliphatic rings. The first-order valence-electron chi connectivity index (χ1n) is 17.4. The summed E-state index contributed by atoms with van der Waals surface area (Å²) in [7, 11) is 1.35. The SMILES string of the molecule is C=C(CCl)CNC(=O)C1Cc2ccc(O)c(c2)-c2cc(ccc2O)C(N(C)C(=O)CNC(=O)CCNC(=O)CCCCCCC)C(=O)NCC(=O)N1. The summed E-state index contributed by atoms with van der Waals surface area (Å²) in [6.07, 6.45) is 5.39. The highest BCUT2D eigenvalue weighted by molar-refractivity contribution is 6.19. The Morgan fingerprint density at radius 3 is 2.29 bits per heavy atom. The third-order valence-electron chi connectivity index (χ3n) is 8.55. The monoisotopic (exact) mass is 740 g/mol. The lowest BCUT2D eigenvalue weighted by atomic mass is 9.94. The minimum atomic E-state index is -1.35. The maximum absolute atomic E-state index is 13.7. The van der Waals surface area contributed by atoms with Gasteiger partial charge in [0.1, 0.15) is 23.6 Å². The fourth-order valence-electron chi connectivity index (χ4n) is 5.58. The molecule has 6 amide bonds. The lowest BCUT2D eigenvalue weighted by molar-refractivity contribution is -0.140. The molecule has 0 radical (unpaired) electrons. The Kier molecular flexibility index (Phi) is 16.4. The van der Waals surface area contributed by atoms with Crippen molar-refractivity contribution < 1.29 is 39.0 Å². The van der Waals surface area contributed by atoms with Gasteiger partial charge in [-0.3, -0.25) is 28.8 Å². The van der Waals surface area contributed by atoms with Crippen molar-refractivity contribution in [1.29, 1.82) is 0 Å². The predicted molar refractivity (Wildman–Crippen MR) is 196 cm³/mol. The molecule has 3 rings (SSSR count). The molecule has 0 saturated heterocycles. The summed E-state index contributed by atoms with van der Waals surface area (Å²) in [5, 5.41) is 34.7. The van der Waals surface area contributed by atoms with Crippen molar-refractivity contribution in [2.45, 2.75) is 70.4 Å². The van der Waals surface area contributed by atoms with Gasteiger partial charge in [-0.1, -0.05) is 51.3 Å². The van der Waals surface area contributed by atoms with Crippen LogP contribution in [0.3, 0.4) is 0 Å². The molecule has 2 aromatic carbocycles. The van der Waals surface area contributed by atoms with Crippen LogP contribution in [0.15, 0.2) is 48.6 Å². The molecule has 0 spiro atoms. The molecule has 7 N–H and O–H groups in total. The van der Waals surface area contributed by atoms with Crippen molar-refractivity contribution in [2.75, 3.05) is 39.1 Å². The van der Waals surface area contributed by atoms with Crippen LogP contribution in [0.5, 0.6) is 11.5 Å². The lowest BCUT2D eigenvalue weighted by Crippen LogP contribution is -2.52. The van der Waals surface area contributed by atoms with Crippen LogP contribution in [-0.4, -0.2) is 95.7 Å². The maximum atomic E-state index is 13.7. The van der Waals surface area contributed by atoms with E-state index in [1.165, 1.54) is 31.3 Å². The Morgan fingerprint density at radius 1 is 0.904 bits per heavy atom. The van der Waals surface area contributed by atoms with Gasteiger partial charge in [-0.25, -0.2) is 0 Å². The van der Waals surface area contributed by atoms with Gasteiger partial charge in [0.15, 0.2) is 0 Å². The molecule has 1 aliphatic heterocycles. The number of likely N-dealkylation sites (N-methyl/N-ethyl adjacent to an activating group) is 1. The third-order valence-corrected chi connectivity index (χ3v) is 8.93. The van der Waals surface area contributed by atoms with Gasteiger partial charge in [0.25, 0.3) is 0 Å². The van der Waals surface area contributed by atoms with Crippen molar-refractivity contribution >= 4 is 47.0 Å². The van der Waals surface area contributed by atoms with Gasteiger partial charge >= 0.3 is 0 Å². The summed E-state index contributed by atoms with van der Waals surface area (Å²) in [6, 6.07) is 6.26. The molecule has 2 aromatic rings. The summed E-state index contributed by atoms with van der Waals surface area (Å²) >= 11 is 5.78. The molecule has 0 fully saturated rings. The molecule has 14 nitrogen and oxygen atoms in total. The van der Waals surface area contributed by atoms with Crippen LogP contribution in [-0.2, 0) is 35.2 Å². The number of amides is 6. The second-order valence-corrected chi connectivity index (χ2v) is 13.0. The van der Waals surface area contributed by atoms with Crippen molar-refractivity contribution in [2.24, 2.45) is 0 Å². The van der Waals surface area contributed by atoms with Gasteiger partial charge in [-0.15, -0.1) is 11.6 Å². The number of phenolic OH excluding ortho intramolecular Hbond substituents is 2. The van der Waals surface area contributed by atoms with Gasteiger partial charge in [-0.2, -0.15) is 0 Å². The zero-order chi connectivity index (χ0) is 38.2. The number of fused-ring (bicyclic) bond motifs is 5. The van der Waals surface area contributed by atoms with Gasteiger partial charge < -0.3 is 41.7 Å². The zero-order valence-corrected chi connectivity index (χ0v) is 30.4. The van der Waals surface area contributed by atoms with Crippen molar-refractivity contribution in [1.82, 2.24) is 31.5 Å². The summed E-state index contributed by atoms with van der Waals surface area (Å²) in [6.45, 7) is 5.05. The standard InChI is InChI=1S/C37H49ClN6O8/c1-4-5-6-7-8-9-31(47)39-15-14-32(48)40-22-34(50)44(3)35-25-11-13-30(46)27(18-25)26-16-24(10-12-29(26)45)17-28(36(51)41-20-23(2)19-38)43-33(49)21-42-37(35)52/h10-13,16,18,28,35,45-46H,2,4-9,14-15,17,19-22H2,1,3H3,(H,39,47)(H,40,48)(H,41,51)(H,42,52)(H,43,49). The van der Waals surface area contributed by atoms with E-state index < -0.39 is 54.7 Å². The number of hydrogen-bond donors (Lipinski definition) is 7. The van der Waals surface area contributed by atoms with Crippen LogP contribution < -0.4 is 26.6 Å².